The molecule has 6 atom stereocenters. The molecule has 1 fully saturated rings. The van der Waals surface area contributed by atoms with E-state index >= 15 is 0 Å². The molecule has 27 heavy (non-hydrogen) atoms. The average Bonchev–Trinajstić information content (AvgIpc) is 2.52. The van der Waals surface area contributed by atoms with Crippen LogP contribution in [-0.2, 0) is 33.4 Å². The Kier molecular flexibility index (Phi) is 7.65. The highest BCUT2D eigenvalue weighted by molar-refractivity contribution is 5.76. The van der Waals surface area contributed by atoms with Crippen LogP contribution in [0.15, 0.2) is 0 Å². The van der Waals surface area contributed by atoms with E-state index in [1.165, 1.54) is 0 Å². The minimum absolute atomic E-state index is 0.607. The van der Waals surface area contributed by atoms with Crippen LogP contribution in [0.1, 0.15) is 27.2 Å². The van der Waals surface area contributed by atoms with Gasteiger partial charge in [0.1, 0.15) is 18.8 Å². The lowest BCUT2D eigenvalue weighted by Crippen LogP contribution is -2.67. The fourth-order valence-electron chi connectivity index (χ4n) is 2.64. The highest BCUT2D eigenvalue weighted by atomic mass is 16.7. The van der Waals surface area contributed by atoms with Gasteiger partial charge in [0.2, 0.25) is 5.91 Å². The topological polar surface area (TPSA) is 189 Å². The van der Waals surface area contributed by atoms with Gasteiger partial charge in [0, 0.05) is 27.2 Å². The van der Waals surface area contributed by atoms with Crippen LogP contribution >= 0.6 is 0 Å². The molecule has 0 aromatic heterocycles. The van der Waals surface area contributed by atoms with Gasteiger partial charge >= 0.3 is 17.9 Å². The summed E-state index contributed by atoms with van der Waals surface area (Å²) in [5.41, 5.74) is 0. The Morgan fingerprint density at radius 2 is 1.81 bits per heavy atom. The van der Waals surface area contributed by atoms with Crippen LogP contribution < -0.4 is 5.32 Å². The summed E-state index contributed by atoms with van der Waals surface area (Å²) >= 11 is 0. The van der Waals surface area contributed by atoms with Gasteiger partial charge in [-0.05, 0) is 0 Å². The van der Waals surface area contributed by atoms with Gasteiger partial charge in [0.15, 0.2) is 6.10 Å². The molecule has 1 rings (SSSR count). The Hall–Kier alpha value is -2.28. The number of aliphatic hydroxyl groups excluding tert-OH is 2. The SMILES string of the molecule is CC(=O)N[C@@H]1[C@@H](O)CC(O)(C(=O)O)O[C@H]1C(O)C(COC(C)=O)OC(C)=O. The minimum atomic E-state index is -2.86. The first-order valence-corrected chi connectivity index (χ1v) is 7.94. The van der Waals surface area contributed by atoms with Crippen LogP contribution in [0.25, 0.3) is 0 Å². The molecule has 0 aliphatic carbocycles. The van der Waals surface area contributed by atoms with Gasteiger partial charge in [0.25, 0.3) is 5.79 Å². The second-order valence-electron chi connectivity index (χ2n) is 6.11. The van der Waals surface area contributed by atoms with E-state index in [1.54, 1.807) is 0 Å². The fourth-order valence-corrected chi connectivity index (χ4v) is 2.64. The van der Waals surface area contributed by atoms with E-state index in [2.05, 4.69) is 5.32 Å². The summed E-state index contributed by atoms with van der Waals surface area (Å²) < 4.78 is 14.6. The second-order valence-corrected chi connectivity index (χ2v) is 6.11. The zero-order valence-corrected chi connectivity index (χ0v) is 14.9. The summed E-state index contributed by atoms with van der Waals surface area (Å²) in [5.74, 6) is -6.92. The van der Waals surface area contributed by atoms with E-state index in [4.69, 9.17) is 19.3 Å². The van der Waals surface area contributed by atoms with Gasteiger partial charge < -0.3 is 40.0 Å². The van der Waals surface area contributed by atoms with E-state index < -0.39 is 73.1 Å². The van der Waals surface area contributed by atoms with E-state index in [9.17, 15) is 34.5 Å². The number of carboxylic acids is 1. The molecule has 1 heterocycles. The van der Waals surface area contributed by atoms with Gasteiger partial charge in [-0.15, -0.1) is 0 Å². The molecule has 1 amide bonds. The zero-order chi connectivity index (χ0) is 20.9. The molecule has 0 spiro atoms. The molecule has 1 aliphatic rings. The molecule has 1 aliphatic heterocycles. The Morgan fingerprint density at radius 3 is 2.26 bits per heavy atom. The average molecular weight is 393 g/mol. The van der Waals surface area contributed by atoms with E-state index in [0.717, 1.165) is 20.8 Å². The fraction of sp³-hybridized carbons (Fsp3) is 0.733. The summed E-state index contributed by atoms with van der Waals surface area (Å²) in [7, 11) is 0. The third-order valence-electron chi connectivity index (χ3n) is 3.78. The summed E-state index contributed by atoms with van der Waals surface area (Å²) in [4.78, 5) is 44.9. The number of nitrogens with one attached hydrogen (secondary N) is 1. The first kappa shape index (κ1) is 22.8. The second kappa shape index (κ2) is 9.08. The lowest BCUT2D eigenvalue weighted by atomic mass is 9.88. The summed E-state index contributed by atoms with van der Waals surface area (Å²) in [5, 5.41) is 42.2. The lowest BCUT2D eigenvalue weighted by Gasteiger charge is -2.45. The van der Waals surface area contributed by atoms with Crippen LogP contribution in [-0.4, -0.2) is 87.1 Å². The van der Waals surface area contributed by atoms with Crippen molar-refractivity contribution in [2.45, 2.75) is 63.4 Å². The van der Waals surface area contributed by atoms with Crippen LogP contribution in [0.3, 0.4) is 0 Å². The van der Waals surface area contributed by atoms with Gasteiger partial charge in [-0.1, -0.05) is 0 Å². The molecule has 12 heteroatoms. The molecule has 3 unspecified atom stereocenters. The number of aliphatic hydroxyl groups is 3. The minimum Gasteiger partial charge on any atom is -0.477 e. The van der Waals surface area contributed by atoms with E-state index in [1.807, 2.05) is 0 Å². The van der Waals surface area contributed by atoms with E-state index in [-0.39, 0.29) is 0 Å². The molecular weight excluding hydrogens is 370 g/mol. The number of carboxylic acid groups (broad SMARTS) is 1. The van der Waals surface area contributed by atoms with Gasteiger partial charge in [-0.25, -0.2) is 4.79 Å². The van der Waals surface area contributed by atoms with Gasteiger partial charge in [-0.2, -0.15) is 0 Å². The molecule has 5 N–H and O–H groups in total. The number of ether oxygens (including phenoxy) is 3. The van der Waals surface area contributed by atoms with Crippen molar-refractivity contribution in [2.24, 2.45) is 0 Å². The summed E-state index contributed by atoms with van der Waals surface area (Å²) in [6.45, 7) is 2.59. The number of hydrogen-bond donors (Lipinski definition) is 5. The smallest absolute Gasteiger partial charge is 0.364 e. The number of carbonyl (C=O) groups excluding carboxylic acids is 3. The Morgan fingerprint density at radius 1 is 1.22 bits per heavy atom. The van der Waals surface area contributed by atoms with Crippen molar-refractivity contribution in [1.82, 2.24) is 5.32 Å². The standard InChI is InChI=1S/C15H23NO11/c1-6(17)16-11-9(20)4-15(24,14(22)23)27-13(11)12(21)10(26-8(3)19)5-25-7(2)18/h9-13,20-21,24H,4-5H2,1-3H3,(H,16,17)(H,22,23)/t9-,10?,11+,12?,13+,15?/m0/s1. The first-order chi connectivity index (χ1) is 12.4. The molecule has 12 nitrogen and oxygen atoms in total. The van der Waals surface area contributed by atoms with Crippen molar-refractivity contribution in [2.75, 3.05) is 6.61 Å². The van der Waals surface area contributed by atoms with E-state index in [0.29, 0.717) is 0 Å². The molecule has 0 aromatic rings. The number of aliphatic carboxylic acids is 1. The van der Waals surface area contributed by atoms with Crippen molar-refractivity contribution in [3.63, 3.8) is 0 Å². The maximum atomic E-state index is 11.4. The van der Waals surface area contributed by atoms with Gasteiger partial charge in [0.05, 0.1) is 12.1 Å². The zero-order valence-electron chi connectivity index (χ0n) is 14.9. The highest BCUT2D eigenvalue weighted by Gasteiger charge is 2.54. The number of esters is 2. The maximum absolute atomic E-state index is 11.4. The van der Waals surface area contributed by atoms with Crippen LogP contribution in [0.4, 0.5) is 0 Å². The Balaban J connectivity index is 3.18. The monoisotopic (exact) mass is 393 g/mol. The lowest BCUT2D eigenvalue weighted by molar-refractivity contribution is -0.295. The summed E-state index contributed by atoms with van der Waals surface area (Å²) in [6, 6.07) is -1.34. The van der Waals surface area contributed by atoms with Crippen molar-refractivity contribution >= 4 is 23.8 Å². The predicted octanol–water partition coefficient (Wildman–Crippen LogP) is -2.73. The van der Waals surface area contributed by atoms with Crippen molar-refractivity contribution in [3.05, 3.63) is 0 Å². The molecular formula is C15H23NO11. The normalized spacial score (nSPS) is 29.9. The Bertz CT molecular complexity index is 594. The molecule has 0 aromatic carbocycles. The molecule has 0 saturated carbocycles. The third kappa shape index (κ3) is 6.13. The maximum Gasteiger partial charge on any atom is 0.364 e. The third-order valence-corrected chi connectivity index (χ3v) is 3.78. The molecule has 154 valence electrons. The largest absolute Gasteiger partial charge is 0.477 e. The molecule has 0 bridgehead atoms. The molecule has 0 radical (unpaired) electrons. The van der Waals surface area contributed by atoms with Gasteiger partial charge in [-0.3, -0.25) is 14.4 Å². The van der Waals surface area contributed by atoms with Crippen molar-refractivity contribution in [3.8, 4) is 0 Å². The van der Waals surface area contributed by atoms with Crippen LogP contribution in [0.2, 0.25) is 0 Å². The summed E-state index contributed by atoms with van der Waals surface area (Å²) in [6.07, 6.45) is -7.51. The van der Waals surface area contributed by atoms with Crippen molar-refractivity contribution < 1.29 is 53.8 Å². The number of amides is 1. The van der Waals surface area contributed by atoms with Crippen molar-refractivity contribution in [1.29, 1.82) is 0 Å². The Labute approximate surface area is 154 Å². The number of carbonyl (C=O) groups is 4. The van der Waals surface area contributed by atoms with Crippen LogP contribution in [0, 0.1) is 0 Å². The quantitative estimate of drug-likeness (QED) is 0.282. The predicted molar refractivity (Wildman–Crippen MR) is 83.9 cm³/mol. The first-order valence-electron chi connectivity index (χ1n) is 7.94. The number of hydrogen-bond acceptors (Lipinski definition) is 10. The number of rotatable bonds is 7. The molecule has 1 saturated heterocycles. The van der Waals surface area contributed by atoms with Crippen LogP contribution in [0.5, 0.6) is 0 Å². The highest BCUT2D eigenvalue weighted by Crippen LogP contribution is 2.31.